The van der Waals surface area contributed by atoms with Gasteiger partial charge in [-0.1, -0.05) is 36.4 Å². The zero-order valence-electron chi connectivity index (χ0n) is 13.0. The van der Waals surface area contributed by atoms with Crippen LogP contribution in [-0.4, -0.2) is 29.6 Å². The zero-order valence-corrected chi connectivity index (χ0v) is 13.0. The summed E-state index contributed by atoms with van der Waals surface area (Å²) in [7, 11) is 0. The summed E-state index contributed by atoms with van der Waals surface area (Å²) in [6.07, 6.45) is 4.40. The van der Waals surface area contributed by atoms with E-state index in [-0.39, 0.29) is 0 Å². The smallest absolute Gasteiger partial charge is 0.0717 e. The van der Waals surface area contributed by atoms with Crippen molar-refractivity contribution in [2.45, 2.75) is 26.0 Å². The van der Waals surface area contributed by atoms with Gasteiger partial charge in [0.1, 0.15) is 0 Å². The van der Waals surface area contributed by atoms with Gasteiger partial charge in [0.15, 0.2) is 0 Å². The monoisotopic (exact) mass is 296 g/mol. The van der Waals surface area contributed by atoms with Crippen molar-refractivity contribution in [2.24, 2.45) is 5.92 Å². The minimum atomic E-state index is 0.640. The lowest BCUT2D eigenvalue weighted by atomic mass is 9.99. The van der Waals surface area contributed by atoms with Crippen molar-refractivity contribution >= 4 is 0 Å². The number of likely N-dealkylation sites (tertiary alicyclic amines) is 1. The first-order chi connectivity index (χ1) is 10.9. The Hall–Kier alpha value is -1.71. The van der Waals surface area contributed by atoms with Crippen molar-refractivity contribution in [3.63, 3.8) is 0 Å². The summed E-state index contributed by atoms with van der Waals surface area (Å²) in [6, 6.07) is 16.5. The van der Waals surface area contributed by atoms with Gasteiger partial charge >= 0.3 is 0 Å². The molecule has 0 N–H and O–H groups in total. The Balaban J connectivity index is 1.42. The van der Waals surface area contributed by atoms with Gasteiger partial charge in [0.25, 0.3) is 0 Å². The Morgan fingerprint density at radius 3 is 2.77 bits per heavy atom. The standard InChI is InChI=1S/C19H24N2O/c1-2-7-17(8-3-1)15-22-16-18-9-6-12-21(13-18)14-19-10-4-5-11-20-19/h1-5,7-8,10-11,18H,6,9,12-16H2/t18-/m1/s1. The average molecular weight is 296 g/mol. The maximum Gasteiger partial charge on any atom is 0.0717 e. The highest BCUT2D eigenvalue weighted by Crippen LogP contribution is 2.19. The third-order valence-corrected chi connectivity index (χ3v) is 4.18. The molecule has 0 unspecified atom stereocenters. The molecule has 0 bridgehead atoms. The average Bonchev–Trinajstić information content (AvgIpc) is 2.57. The van der Waals surface area contributed by atoms with Crippen LogP contribution in [0, 0.1) is 5.92 Å². The van der Waals surface area contributed by atoms with Gasteiger partial charge in [0.05, 0.1) is 18.9 Å². The second kappa shape index (κ2) is 8.06. The molecule has 22 heavy (non-hydrogen) atoms. The highest BCUT2D eigenvalue weighted by molar-refractivity contribution is 5.13. The predicted molar refractivity (Wildman–Crippen MR) is 88.3 cm³/mol. The van der Waals surface area contributed by atoms with Crippen LogP contribution in [0.1, 0.15) is 24.1 Å². The Morgan fingerprint density at radius 2 is 1.95 bits per heavy atom. The molecule has 1 aromatic heterocycles. The van der Waals surface area contributed by atoms with Gasteiger partial charge in [-0.3, -0.25) is 9.88 Å². The summed E-state index contributed by atoms with van der Waals surface area (Å²) in [5.74, 6) is 0.640. The molecule has 1 saturated heterocycles. The van der Waals surface area contributed by atoms with Gasteiger partial charge in [0.2, 0.25) is 0 Å². The molecule has 2 heterocycles. The fraction of sp³-hybridized carbons (Fsp3) is 0.421. The number of rotatable bonds is 6. The molecular formula is C19H24N2O. The van der Waals surface area contributed by atoms with E-state index in [1.54, 1.807) is 0 Å². The van der Waals surface area contributed by atoms with Crippen LogP contribution < -0.4 is 0 Å². The molecule has 0 amide bonds. The molecule has 1 atom stereocenters. The Morgan fingerprint density at radius 1 is 1.09 bits per heavy atom. The van der Waals surface area contributed by atoms with Crippen molar-refractivity contribution < 1.29 is 4.74 Å². The SMILES string of the molecule is c1ccc(COC[C@@H]2CCCN(Cc3ccccn3)C2)cc1. The largest absolute Gasteiger partial charge is 0.376 e. The second-order valence-electron chi connectivity index (χ2n) is 6.07. The number of hydrogen-bond donors (Lipinski definition) is 0. The molecule has 2 aromatic rings. The normalized spacial score (nSPS) is 19.2. The molecule has 3 rings (SSSR count). The summed E-state index contributed by atoms with van der Waals surface area (Å²) in [6.45, 7) is 4.82. The van der Waals surface area contributed by atoms with Gasteiger partial charge in [-0.2, -0.15) is 0 Å². The minimum absolute atomic E-state index is 0.640. The molecule has 3 heteroatoms. The quantitative estimate of drug-likeness (QED) is 0.815. The molecular weight excluding hydrogens is 272 g/mol. The number of ether oxygens (including phenoxy) is 1. The number of nitrogens with zero attached hydrogens (tertiary/aromatic N) is 2. The van der Waals surface area contributed by atoms with Gasteiger partial charge in [0, 0.05) is 19.3 Å². The first-order valence-electron chi connectivity index (χ1n) is 8.14. The first-order valence-corrected chi connectivity index (χ1v) is 8.14. The lowest BCUT2D eigenvalue weighted by molar-refractivity contribution is 0.0493. The second-order valence-corrected chi connectivity index (χ2v) is 6.07. The molecule has 1 fully saturated rings. The van der Waals surface area contributed by atoms with Gasteiger partial charge in [-0.15, -0.1) is 0 Å². The summed E-state index contributed by atoms with van der Waals surface area (Å²) in [5.41, 5.74) is 2.41. The minimum Gasteiger partial charge on any atom is -0.376 e. The van der Waals surface area contributed by atoms with E-state index < -0.39 is 0 Å². The van der Waals surface area contributed by atoms with Crippen molar-refractivity contribution in [1.29, 1.82) is 0 Å². The summed E-state index contributed by atoms with van der Waals surface area (Å²) in [5, 5.41) is 0. The fourth-order valence-corrected chi connectivity index (χ4v) is 3.07. The maximum absolute atomic E-state index is 5.92. The molecule has 0 radical (unpaired) electrons. The molecule has 0 saturated carbocycles. The van der Waals surface area contributed by atoms with Crippen LogP contribution in [0.4, 0.5) is 0 Å². The van der Waals surface area contributed by atoms with Crippen LogP contribution in [0.25, 0.3) is 0 Å². The number of benzene rings is 1. The van der Waals surface area contributed by atoms with Crippen LogP contribution in [0.15, 0.2) is 54.7 Å². The van der Waals surface area contributed by atoms with Gasteiger partial charge in [-0.25, -0.2) is 0 Å². The lowest BCUT2D eigenvalue weighted by Crippen LogP contribution is -2.36. The third-order valence-electron chi connectivity index (χ3n) is 4.18. The molecule has 116 valence electrons. The summed E-state index contributed by atoms with van der Waals surface area (Å²) < 4.78 is 5.92. The van der Waals surface area contributed by atoms with Gasteiger partial charge < -0.3 is 4.74 Å². The molecule has 1 aliphatic heterocycles. The summed E-state index contributed by atoms with van der Waals surface area (Å²) in [4.78, 5) is 6.93. The summed E-state index contributed by atoms with van der Waals surface area (Å²) >= 11 is 0. The molecule has 0 spiro atoms. The van der Waals surface area contributed by atoms with Crippen LogP contribution in [0.5, 0.6) is 0 Å². The number of hydrogen-bond acceptors (Lipinski definition) is 3. The molecule has 1 aromatic carbocycles. The van der Waals surface area contributed by atoms with E-state index in [0.29, 0.717) is 5.92 Å². The van der Waals surface area contributed by atoms with Crippen molar-refractivity contribution in [3.8, 4) is 0 Å². The van der Waals surface area contributed by atoms with Crippen LogP contribution in [-0.2, 0) is 17.9 Å². The predicted octanol–water partition coefficient (Wildman–Crippen LogP) is 3.51. The van der Waals surface area contributed by atoms with E-state index >= 15 is 0 Å². The van der Waals surface area contributed by atoms with E-state index in [1.807, 2.05) is 18.3 Å². The Labute approximate surface area is 132 Å². The molecule has 3 nitrogen and oxygen atoms in total. The number of piperidine rings is 1. The topological polar surface area (TPSA) is 25.4 Å². The van der Waals surface area contributed by atoms with Crippen molar-refractivity contribution in [3.05, 3.63) is 66.0 Å². The third kappa shape index (κ3) is 4.65. The van der Waals surface area contributed by atoms with Gasteiger partial charge in [-0.05, 0) is 43.0 Å². The van der Waals surface area contributed by atoms with Crippen molar-refractivity contribution in [1.82, 2.24) is 9.88 Å². The molecule has 1 aliphatic rings. The van der Waals surface area contributed by atoms with E-state index in [9.17, 15) is 0 Å². The van der Waals surface area contributed by atoms with Crippen molar-refractivity contribution in [2.75, 3.05) is 19.7 Å². The lowest BCUT2D eigenvalue weighted by Gasteiger charge is -2.32. The number of pyridine rings is 1. The van der Waals surface area contributed by atoms with Crippen LogP contribution >= 0.6 is 0 Å². The first kappa shape index (κ1) is 15.2. The van der Waals surface area contributed by atoms with Crippen LogP contribution in [0.2, 0.25) is 0 Å². The molecule has 0 aliphatic carbocycles. The zero-order chi connectivity index (χ0) is 15.0. The van der Waals surface area contributed by atoms with Crippen LogP contribution in [0.3, 0.4) is 0 Å². The van der Waals surface area contributed by atoms with E-state index in [0.717, 1.165) is 32.0 Å². The highest BCUT2D eigenvalue weighted by Gasteiger charge is 2.20. The van der Waals surface area contributed by atoms with E-state index in [2.05, 4.69) is 46.3 Å². The maximum atomic E-state index is 5.92. The van der Waals surface area contributed by atoms with E-state index in [1.165, 1.54) is 24.9 Å². The Bertz CT molecular complexity index is 544. The Kier molecular flexibility index (Phi) is 5.57. The van der Waals surface area contributed by atoms with E-state index in [4.69, 9.17) is 4.74 Å². The fourth-order valence-electron chi connectivity index (χ4n) is 3.07. The highest BCUT2D eigenvalue weighted by atomic mass is 16.5. The number of aromatic nitrogens is 1.